The zero-order valence-corrected chi connectivity index (χ0v) is 13.3. The number of rotatable bonds is 6. The van der Waals surface area contributed by atoms with Crippen LogP contribution in [0.4, 0.5) is 0 Å². The van der Waals surface area contributed by atoms with Crippen LogP contribution in [0.25, 0.3) is 10.2 Å². The average molecular weight is 335 g/mol. The lowest BCUT2D eigenvalue weighted by Gasteiger charge is -2.07. The molecule has 3 rings (SSSR count). The molecule has 1 amide bonds. The van der Waals surface area contributed by atoms with Crippen LogP contribution in [0.15, 0.2) is 11.1 Å². The van der Waals surface area contributed by atoms with Gasteiger partial charge in [0.25, 0.3) is 5.56 Å². The Hall–Kier alpha value is -2.22. The summed E-state index contributed by atoms with van der Waals surface area (Å²) in [5.74, 6) is -1.21. The molecule has 1 aliphatic rings. The fourth-order valence-electron chi connectivity index (χ4n) is 2.81. The molecule has 8 heteroatoms. The summed E-state index contributed by atoms with van der Waals surface area (Å²) >= 11 is 1.57. The monoisotopic (exact) mass is 335 g/mol. The van der Waals surface area contributed by atoms with Gasteiger partial charge >= 0.3 is 5.97 Å². The summed E-state index contributed by atoms with van der Waals surface area (Å²) in [6.45, 7) is 0.183. The normalized spacial score (nSPS) is 13.2. The third kappa shape index (κ3) is 3.26. The largest absolute Gasteiger partial charge is 0.481 e. The number of carbonyl (C=O) groups excluding carboxylic acids is 1. The number of carboxylic acid groups (broad SMARTS) is 1. The number of amides is 1. The van der Waals surface area contributed by atoms with Crippen molar-refractivity contribution in [2.24, 2.45) is 0 Å². The second-order valence-corrected chi connectivity index (χ2v) is 6.65. The molecule has 0 saturated carbocycles. The molecule has 2 aromatic rings. The first kappa shape index (κ1) is 15.7. The van der Waals surface area contributed by atoms with Gasteiger partial charge in [-0.05, 0) is 31.2 Å². The number of aryl methyl sites for hydroxylation is 2. The summed E-state index contributed by atoms with van der Waals surface area (Å²) in [6, 6.07) is 0. The predicted octanol–water partition coefficient (Wildman–Crippen LogP) is 0.928. The molecular weight excluding hydrogens is 318 g/mol. The van der Waals surface area contributed by atoms with Gasteiger partial charge in [-0.2, -0.15) is 0 Å². The molecule has 0 saturated heterocycles. The summed E-state index contributed by atoms with van der Waals surface area (Å²) in [7, 11) is 0. The van der Waals surface area contributed by atoms with Crippen LogP contribution in [0.3, 0.4) is 0 Å². The molecular formula is C15H17N3O4S. The standard InChI is InChI=1S/C15H17N3O4S/c19-11(16-6-2-5-12(20)21)7-18-8-17-14-13(15(18)22)9-3-1-4-10(9)23-14/h8H,1-7H2,(H,16,19)(H,20,21). The van der Waals surface area contributed by atoms with Crippen molar-refractivity contribution in [2.45, 2.75) is 38.6 Å². The van der Waals surface area contributed by atoms with Gasteiger partial charge in [0.05, 0.1) is 11.7 Å². The Morgan fingerprint density at radius 1 is 1.39 bits per heavy atom. The molecule has 0 aliphatic heterocycles. The van der Waals surface area contributed by atoms with Gasteiger partial charge in [-0.25, -0.2) is 4.98 Å². The maximum absolute atomic E-state index is 12.6. The summed E-state index contributed by atoms with van der Waals surface area (Å²) in [5, 5.41) is 11.8. The van der Waals surface area contributed by atoms with Crippen molar-refractivity contribution in [2.75, 3.05) is 6.54 Å². The Balaban J connectivity index is 1.71. The van der Waals surface area contributed by atoms with Gasteiger partial charge in [0, 0.05) is 17.8 Å². The number of thiophene rings is 1. The fraction of sp³-hybridized carbons (Fsp3) is 0.467. The minimum absolute atomic E-state index is 0.00871. The van der Waals surface area contributed by atoms with Crippen molar-refractivity contribution in [3.05, 3.63) is 27.1 Å². The smallest absolute Gasteiger partial charge is 0.303 e. The Morgan fingerprint density at radius 2 is 2.22 bits per heavy atom. The molecule has 0 radical (unpaired) electrons. The summed E-state index contributed by atoms with van der Waals surface area (Å²) < 4.78 is 1.32. The minimum Gasteiger partial charge on any atom is -0.481 e. The van der Waals surface area contributed by atoms with E-state index in [4.69, 9.17) is 5.11 Å². The van der Waals surface area contributed by atoms with Crippen molar-refractivity contribution in [3.63, 3.8) is 0 Å². The van der Waals surface area contributed by atoms with Crippen LogP contribution in [-0.2, 0) is 29.0 Å². The van der Waals surface area contributed by atoms with Crippen LogP contribution in [0.2, 0.25) is 0 Å². The average Bonchev–Trinajstić information content (AvgIpc) is 3.07. The van der Waals surface area contributed by atoms with E-state index in [1.165, 1.54) is 15.8 Å². The highest BCUT2D eigenvalue weighted by atomic mass is 32.1. The van der Waals surface area contributed by atoms with Gasteiger partial charge in [-0.3, -0.25) is 19.0 Å². The SMILES string of the molecule is O=C(O)CCCNC(=O)Cn1cnc2sc3c(c2c1=O)CCC3. The van der Waals surface area contributed by atoms with Crippen LogP contribution in [0.1, 0.15) is 29.7 Å². The molecule has 2 aromatic heterocycles. The van der Waals surface area contributed by atoms with E-state index in [2.05, 4.69) is 10.3 Å². The lowest BCUT2D eigenvalue weighted by Crippen LogP contribution is -2.33. The van der Waals surface area contributed by atoms with Crippen LogP contribution < -0.4 is 10.9 Å². The maximum Gasteiger partial charge on any atom is 0.303 e. The zero-order chi connectivity index (χ0) is 16.4. The second kappa shape index (κ2) is 6.49. The first-order chi connectivity index (χ1) is 11.1. The number of nitrogens with zero attached hydrogens (tertiary/aromatic N) is 2. The first-order valence-corrected chi connectivity index (χ1v) is 8.36. The van der Waals surface area contributed by atoms with Gasteiger partial charge in [0.1, 0.15) is 11.4 Å². The van der Waals surface area contributed by atoms with Gasteiger partial charge in [-0.15, -0.1) is 11.3 Å². The van der Waals surface area contributed by atoms with E-state index in [1.807, 2.05) is 0 Å². The molecule has 122 valence electrons. The number of carboxylic acids is 1. The number of hydrogen-bond acceptors (Lipinski definition) is 5. The molecule has 7 nitrogen and oxygen atoms in total. The molecule has 0 unspecified atom stereocenters. The molecule has 0 bridgehead atoms. The maximum atomic E-state index is 12.6. The van der Waals surface area contributed by atoms with Crippen LogP contribution in [0.5, 0.6) is 0 Å². The van der Waals surface area contributed by atoms with E-state index < -0.39 is 5.97 Å². The third-order valence-corrected chi connectivity index (χ3v) is 5.10. The zero-order valence-electron chi connectivity index (χ0n) is 12.5. The highest BCUT2D eigenvalue weighted by molar-refractivity contribution is 7.18. The van der Waals surface area contributed by atoms with Crippen molar-refractivity contribution < 1.29 is 14.7 Å². The Bertz CT molecular complexity index is 824. The van der Waals surface area contributed by atoms with Crippen molar-refractivity contribution in [1.29, 1.82) is 0 Å². The van der Waals surface area contributed by atoms with Gasteiger partial charge < -0.3 is 10.4 Å². The molecule has 23 heavy (non-hydrogen) atoms. The number of fused-ring (bicyclic) bond motifs is 3. The van der Waals surface area contributed by atoms with E-state index in [0.29, 0.717) is 11.8 Å². The molecule has 1 aliphatic carbocycles. The van der Waals surface area contributed by atoms with Crippen molar-refractivity contribution in [1.82, 2.24) is 14.9 Å². The van der Waals surface area contributed by atoms with Crippen LogP contribution >= 0.6 is 11.3 Å². The van der Waals surface area contributed by atoms with Crippen LogP contribution in [0, 0.1) is 0 Å². The number of aliphatic carboxylic acids is 1. The van der Waals surface area contributed by atoms with E-state index in [-0.39, 0.29) is 31.0 Å². The van der Waals surface area contributed by atoms with E-state index in [0.717, 1.165) is 29.7 Å². The lowest BCUT2D eigenvalue weighted by atomic mass is 10.2. The molecule has 0 fully saturated rings. The van der Waals surface area contributed by atoms with Gasteiger partial charge in [0.15, 0.2) is 0 Å². The van der Waals surface area contributed by atoms with E-state index in [1.54, 1.807) is 11.3 Å². The highest BCUT2D eigenvalue weighted by Gasteiger charge is 2.21. The molecule has 0 aromatic carbocycles. The lowest BCUT2D eigenvalue weighted by molar-refractivity contribution is -0.137. The Labute approximate surface area is 136 Å². The number of nitrogens with one attached hydrogen (secondary N) is 1. The minimum atomic E-state index is -0.892. The highest BCUT2D eigenvalue weighted by Crippen LogP contribution is 2.34. The quantitative estimate of drug-likeness (QED) is 0.765. The number of aromatic nitrogens is 2. The van der Waals surface area contributed by atoms with E-state index in [9.17, 15) is 14.4 Å². The summed E-state index contributed by atoms with van der Waals surface area (Å²) in [6.07, 6.45) is 4.75. The van der Waals surface area contributed by atoms with Crippen molar-refractivity contribution >= 4 is 33.4 Å². The number of carbonyl (C=O) groups is 2. The Morgan fingerprint density at radius 3 is 3.00 bits per heavy atom. The van der Waals surface area contributed by atoms with Crippen molar-refractivity contribution in [3.8, 4) is 0 Å². The van der Waals surface area contributed by atoms with Crippen LogP contribution in [-0.4, -0.2) is 33.1 Å². The summed E-state index contributed by atoms with van der Waals surface area (Å²) in [5.41, 5.74) is 0.925. The Kier molecular flexibility index (Phi) is 4.42. The third-order valence-electron chi connectivity index (χ3n) is 3.90. The topological polar surface area (TPSA) is 101 Å². The summed E-state index contributed by atoms with van der Waals surface area (Å²) in [4.78, 5) is 41.1. The molecule has 2 N–H and O–H groups in total. The second-order valence-electron chi connectivity index (χ2n) is 5.56. The number of hydrogen-bond donors (Lipinski definition) is 2. The molecule has 2 heterocycles. The first-order valence-electron chi connectivity index (χ1n) is 7.54. The molecule has 0 spiro atoms. The molecule has 0 atom stereocenters. The van der Waals surface area contributed by atoms with Gasteiger partial charge in [0.2, 0.25) is 5.91 Å². The van der Waals surface area contributed by atoms with Gasteiger partial charge in [-0.1, -0.05) is 0 Å². The van der Waals surface area contributed by atoms with E-state index >= 15 is 0 Å². The fourth-order valence-corrected chi connectivity index (χ4v) is 4.03. The predicted molar refractivity (Wildman–Crippen MR) is 85.8 cm³/mol.